The van der Waals surface area contributed by atoms with Gasteiger partial charge in [0.05, 0.1) is 0 Å². The van der Waals surface area contributed by atoms with E-state index in [-0.39, 0.29) is 30.1 Å². The van der Waals surface area contributed by atoms with Crippen LogP contribution >= 0.6 is 0 Å². The molecule has 0 aliphatic rings. The first-order valence-corrected chi connectivity index (χ1v) is 8.08. The summed E-state index contributed by atoms with van der Waals surface area (Å²) >= 11 is 0. The van der Waals surface area contributed by atoms with E-state index >= 15 is 0 Å². The van der Waals surface area contributed by atoms with Gasteiger partial charge in [-0.1, -0.05) is 26.0 Å². The lowest BCUT2D eigenvalue weighted by molar-refractivity contribution is -0.120. The normalized spacial score (nSPS) is 10.7. The average Bonchev–Trinajstić information content (AvgIpc) is 2.54. The van der Waals surface area contributed by atoms with Crippen molar-refractivity contribution in [3.8, 4) is 11.5 Å². The summed E-state index contributed by atoms with van der Waals surface area (Å²) in [6, 6.07) is 9.86. The Morgan fingerprint density at radius 3 is 2.44 bits per heavy atom. The number of hydrogen-bond donors (Lipinski definition) is 2. The number of rotatable bonds is 7. The van der Waals surface area contributed by atoms with Crippen LogP contribution < -0.4 is 4.74 Å². The zero-order chi connectivity index (χ0) is 18.6. The second-order valence-electron chi connectivity index (χ2n) is 6.33. The van der Waals surface area contributed by atoms with E-state index in [2.05, 4.69) is 13.8 Å². The van der Waals surface area contributed by atoms with Gasteiger partial charge >= 0.3 is 5.97 Å². The van der Waals surface area contributed by atoms with Crippen molar-refractivity contribution in [2.75, 3.05) is 6.61 Å². The fourth-order valence-corrected chi connectivity index (χ4v) is 2.69. The Bertz CT molecular complexity index is 793. The number of benzene rings is 2. The van der Waals surface area contributed by atoms with Gasteiger partial charge in [-0.25, -0.2) is 4.79 Å². The maximum atomic E-state index is 12.1. The van der Waals surface area contributed by atoms with Gasteiger partial charge in [-0.05, 0) is 53.8 Å². The number of carboxylic acids is 1. The molecule has 132 valence electrons. The van der Waals surface area contributed by atoms with E-state index in [0.717, 1.165) is 5.56 Å². The van der Waals surface area contributed by atoms with Gasteiger partial charge in [0.2, 0.25) is 0 Å². The maximum absolute atomic E-state index is 12.1. The van der Waals surface area contributed by atoms with Crippen molar-refractivity contribution in [3.63, 3.8) is 0 Å². The summed E-state index contributed by atoms with van der Waals surface area (Å²) in [5.74, 6) is -0.669. The summed E-state index contributed by atoms with van der Waals surface area (Å²) in [5, 5.41) is 18.5. The molecule has 2 N–H and O–H groups in total. The highest BCUT2D eigenvalue weighted by atomic mass is 16.5. The van der Waals surface area contributed by atoms with Gasteiger partial charge in [-0.15, -0.1) is 0 Å². The number of Topliss-reactive ketones (excluding diaryl/α,β-unsaturated/α-hetero) is 1. The summed E-state index contributed by atoms with van der Waals surface area (Å²) in [6.07, 6.45) is 0.0453. The molecule has 0 atom stereocenters. The fourth-order valence-electron chi connectivity index (χ4n) is 2.69. The van der Waals surface area contributed by atoms with Crippen molar-refractivity contribution in [2.45, 2.75) is 33.1 Å². The average molecular weight is 342 g/mol. The Morgan fingerprint density at radius 1 is 1.12 bits per heavy atom. The van der Waals surface area contributed by atoms with Gasteiger partial charge in [0, 0.05) is 6.42 Å². The van der Waals surface area contributed by atoms with E-state index in [1.165, 1.54) is 23.8 Å². The van der Waals surface area contributed by atoms with E-state index in [4.69, 9.17) is 9.84 Å². The number of aromatic carboxylic acids is 1. The summed E-state index contributed by atoms with van der Waals surface area (Å²) < 4.78 is 5.54. The topological polar surface area (TPSA) is 83.8 Å². The molecule has 2 aromatic rings. The van der Waals surface area contributed by atoms with E-state index in [9.17, 15) is 14.7 Å². The van der Waals surface area contributed by atoms with Crippen LogP contribution in [0.5, 0.6) is 11.5 Å². The molecule has 5 heteroatoms. The Kier molecular flexibility index (Phi) is 5.80. The van der Waals surface area contributed by atoms with Crippen molar-refractivity contribution in [3.05, 3.63) is 58.7 Å². The number of hydrogen-bond acceptors (Lipinski definition) is 4. The number of aryl methyl sites for hydroxylation is 1. The predicted molar refractivity (Wildman–Crippen MR) is 94.5 cm³/mol. The molecule has 0 heterocycles. The third-order valence-corrected chi connectivity index (χ3v) is 3.96. The van der Waals surface area contributed by atoms with Crippen LogP contribution in [-0.2, 0) is 11.2 Å². The largest absolute Gasteiger partial charge is 0.507 e. The molecule has 0 amide bonds. The van der Waals surface area contributed by atoms with Crippen molar-refractivity contribution in [1.29, 1.82) is 0 Å². The van der Waals surface area contributed by atoms with Gasteiger partial charge in [-0.3, -0.25) is 4.79 Å². The molecule has 25 heavy (non-hydrogen) atoms. The van der Waals surface area contributed by atoms with Crippen molar-refractivity contribution >= 4 is 11.8 Å². The molecule has 0 aliphatic carbocycles. The van der Waals surface area contributed by atoms with Gasteiger partial charge in [0.15, 0.2) is 5.78 Å². The molecule has 0 aliphatic heterocycles. The zero-order valence-corrected chi connectivity index (χ0v) is 14.6. The van der Waals surface area contributed by atoms with Crippen LogP contribution in [-0.4, -0.2) is 28.6 Å². The SMILES string of the molecule is Cc1cc(OCC(=O)Cc2ccc(O)c(C(=O)O)c2)ccc1C(C)C. The molecular weight excluding hydrogens is 320 g/mol. The van der Waals surface area contributed by atoms with Crippen LogP contribution in [0.2, 0.25) is 0 Å². The van der Waals surface area contributed by atoms with Gasteiger partial charge in [0.25, 0.3) is 0 Å². The third-order valence-electron chi connectivity index (χ3n) is 3.96. The van der Waals surface area contributed by atoms with Gasteiger partial charge in [-0.2, -0.15) is 0 Å². The molecule has 5 nitrogen and oxygen atoms in total. The molecular formula is C20H22O5. The Hall–Kier alpha value is -2.82. The summed E-state index contributed by atoms with van der Waals surface area (Å²) in [4.78, 5) is 23.1. The number of aromatic hydroxyl groups is 1. The summed E-state index contributed by atoms with van der Waals surface area (Å²) in [6.45, 7) is 6.16. The van der Waals surface area contributed by atoms with E-state index < -0.39 is 5.97 Å². The zero-order valence-electron chi connectivity index (χ0n) is 14.6. The molecule has 0 radical (unpaired) electrons. The first kappa shape index (κ1) is 18.5. The number of ether oxygens (including phenoxy) is 1. The molecule has 0 unspecified atom stereocenters. The van der Waals surface area contributed by atoms with Crippen LogP contribution in [0.3, 0.4) is 0 Å². The monoisotopic (exact) mass is 342 g/mol. The minimum absolute atomic E-state index is 0.0453. The lowest BCUT2D eigenvalue weighted by Gasteiger charge is -2.12. The third kappa shape index (κ3) is 4.83. The van der Waals surface area contributed by atoms with Gasteiger partial charge < -0.3 is 14.9 Å². The van der Waals surface area contributed by atoms with Crippen molar-refractivity contribution in [2.24, 2.45) is 0 Å². The molecule has 0 saturated carbocycles. The second kappa shape index (κ2) is 7.83. The quantitative estimate of drug-likeness (QED) is 0.801. The first-order valence-electron chi connectivity index (χ1n) is 8.08. The fraction of sp³-hybridized carbons (Fsp3) is 0.300. The van der Waals surface area contributed by atoms with E-state index in [1.807, 2.05) is 25.1 Å². The summed E-state index contributed by atoms with van der Waals surface area (Å²) in [5.41, 5.74) is 2.66. The van der Waals surface area contributed by atoms with Crippen LogP contribution in [0.1, 0.15) is 46.8 Å². The highest BCUT2D eigenvalue weighted by molar-refractivity contribution is 5.91. The second-order valence-corrected chi connectivity index (χ2v) is 6.33. The highest BCUT2D eigenvalue weighted by Gasteiger charge is 2.13. The van der Waals surface area contributed by atoms with Crippen LogP contribution in [0.25, 0.3) is 0 Å². The van der Waals surface area contributed by atoms with Crippen LogP contribution in [0.4, 0.5) is 0 Å². The molecule has 0 fully saturated rings. The number of carbonyl (C=O) groups is 2. The number of carboxylic acid groups (broad SMARTS) is 1. The highest BCUT2D eigenvalue weighted by Crippen LogP contribution is 2.23. The van der Waals surface area contributed by atoms with Crippen LogP contribution in [0, 0.1) is 6.92 Å². The summed E-state index contributed by atoms with van der Waals surface area (Å²) in [7, 11) is 0. The Morgan fingerprint density at radius 2 is 1.84 bits per heavy atom. The lowest BCUT2D eigenvalue weighted by Crippen LogP contribution is -2.14. The molecule has 0 saturated heterocycles. The molecule has 0 aromatic heterocycles. The van der Waals surface area contributed by atoms with Gasteiger partial charge in [0.1, 0.15) is 23.7 Å². The van der Waals surface area contributed by atoms with Crippen LogP contribution in [0.15, 0.2) is 36.4 Å². The number of carbonyl (C=O) groups excluding carboxylic acids is 1. The number of phenols is 1. The lowest BCUT2D eigenvalue weighted by atomic mass is 9.98. The molecule has 0 spiro atoms. The van der Waals surface area contributed by atoms with Crippen molar-refractivity contribution < 1.29 is 24.5 Å². The maximum Gasteiger partial charge on any atom is 0.339 e. The smallest absolute Gasteiger partial charge is 0.339 e. The molecule has 2 aromatic carbocycles. The molecule has 0 bridgehead atoms. The predicted octanol–water partition coefficient (Wildman–Crippen LogP) is 3.71. The Labute approximate surface area is 146 Å². The van der Waals surface area contributed by atoms with Crippen molar-refractivity contribution in [1.82, 2.24) is 0 Å². The Balaban J connectivity index is 1.98. The first-order chi connectivity index (χ1) is 11.8. The number of ketones is 1. The standard InChI is InChI=1S/C20H22O5/c1-12(2)17-6-5-16(8-13(17)3)25-11-15(21)9-14-4-7-19(22)18(10-14)20(23)24/h4-8,10,12,22H,9,11H2,1-3H3,(H,23,24). The minimum atomic E-state index is -1.23. The minimum Gasteiger partial charge on any atom is -0.507 e. The van der Waals surface area contributed by atoms with E-state index in [1.54, 1.807) is 0 Å². The molecule has 2 rings (SSSR count). The van der Waals surface area contributed by atoms with E-state index in [0.29, 0.717) is 17.2 Å².